The van der Waals surface area contributed by atoms with Gasteiger partial charge in [-0.25, -0.2) is 0 Å². The summed E-state index contributed by atoms with van der Waals surface area (Å²) in [5, 5.41) is 9.82. The molecule has 2 fully saturated rings. The number of nitrogens with two attached hydrogens (primary N) is 1. The summed E-state index contributed by atoms with van der Waals surface area (Å²) < 4.78 is 7.76. The van der Waals surface area contributed by atoms with Crippen molar-refractivity contribution in [2.45, 2.75) is 42.8 Å². The van der Waals surface area contributed by atoms with Crippen LogP contribution in [-0.4, -0.2) is 40.3 Å². The largest absolute Gasteiger partial charge is 0.379 e. The highest BCUT2D eigenvalue weighted by Crippen LogP contribution is 2.45. The molecule has 5 nitrogen and oxygen atoms in total. The Labute approximate surface area is 111 Å². The van der Waals surface area contributed by atoms with Gasteiger partial charge in [0.05, 0.1) is 13.2 Å². The van der Waals surface area contributed by atoms with Crippen LogP contribution in [0.3, 0.4) is 0 Å². The van der Waals surface area contributed by atoms with Gasteiger partial charge in [-0.05, 0) is 25.7 Å². The predicted molar refractivity (Wildman–Crippen MR) is 70.9 cm³/mol. The summed E-state index contributed by atoms with van der Waals surface area (Å²) in [4.78, 5) is 0. The molecule has 100 valence electrons. The quantitative estimate of drug-likeness (QED) is 0.572. The summed E-state index contributed by atoms with van der Waals surface area (Å²) in [6.07, 6.45) is 5.15. The van der Waals surface area contributed by atoms with E-state index in [9.17, 15) is 0 Å². The Bertz CT molecular complexity index is 401. The summed E-state index contributed by atoms with van der Waals surface area (Å²) in [5.41, 5.74) is 5.38. The molecule has 0 aromatic carbocycles. The van der Waals surface area contributed by atoms with Crippen molar-refractivity contribution in [3.05, 3.63) is 5.82 Å². The Morgan fingerprint density at radius 3 is 2.72 bits per heavy atom. The van der Waals surface area contributed by atoms with Crippen LogP contribution >= 0.6 is 11.8 Å². The lowest BCUT2D eigenvalue weighted by atomic mass is 10.4. The standard InChI is InChI=1S/C12H20N4OS/c13-5-6-17-7-8-18-12-15-14-11(9-1-2-9)16(12)10-3-4-10/h9-10H,1-8,13H2. The van der Waals surface area contributed by atoms with Gasteiger partial charge in [0.15, 0.2) is 5.16 Å². The fourth-order valence-electron chi connectivity index (χ4n) is 2.06. The SMILES string of the molecule is NCCOCCSc1nnc(C2CC2)n1C1CC1. The zero-order valence-corrected chi connectivity index (χ0v) is 11.4. The monoisotopic (exact) mass is 268 g/mol. The van der Waals surface area contributed by atoms with E-state index in [1.165, 1.54) is 31.5 Å². The Balaban J connectivity index is 1.57. The third-order valence-corrected chi connectivity index (χ3v) is 4.17. The lowest BCUT2D eigenvalue weighted by Gasteiger charge is -2.08. The van der Waals surface area contributed by atoms with Gasteiger partial charge < -0.3 is 15.0 Å². The molecule has 1 aromatic heterocycles. The van der Waals surface area contributed by atoms with Crippen LogP contribution in [0.15, 0.2) is 5.16 Å². The van der Waals surface area contributed by atoms with Gasteiger partial charge in [0.1, 0.15) is 5.82 Å². The van der Waals surface area contributed by atoms with Gasteiger partial charge in [-0.1, -0.05) is 11.8 Å². The minimum Gasteiger partial charge on any atom is -0.379 e. The number of hydrogen-bond donors (Lipinski definition) is 1. The highest BCUT2D eigenvalue weighted by molar-refractivity contribution is 7.99. The molecule has 0 bridgehead atoms. The second-order valence-corrected chi connectivity index (χ2v) is 6.03. The van der Waals surface area contributed by atoms with Crippen LogP contribution < -0.4 is 5.73 Å². The number of thioether (sulfide) groups is 1. The number of ether oxygens (including phenoxy) is 1. The van der Waals surface area contributed by atoms with Crippen molar-refractivity contribution in [3.63, 3.8) is 0 Å². The van der Waals surface area contributed by atoms with E-state index in [0.717, 1.165) is 17.5 Å². The highest BCUT2D eigenvalue weighted by Gasteiger charge is 2.36. The first kappa shape index (κ1) is 12.4. The van der Waals surface area contributed by atoms with Crippen LogP contribution in [0, 0.1) is 0 Å². The molecule has 2 N–H and O–H groups in total. The lowest BCUT2D eigenvalue weighted by Crippen LogP contribution is -2.10. The minimum atomic E-state index is 0.592. The number of nitrogens with zero attached hydrogens (tertiary/aromatic N) is 3. The molecule has 3 rings (SSSR count). The van der Waals surface area contributed by atoms with Crippen LogP contribution in [0.25, 0.3) is 0 Å². The molecule has 18 heavy (non-hydrogen) atoms. The molecular weight excluding hydrogens is 248 g/mol. The number of hydrogen-bond acceptors (Lipinski definition) is 5. The van der Waals surface area contributed by atoms with Gasteiger partial charge in [0, 0.05) is 24.3 Å². The molecule has 1 aromatic rings. The van der Waals surface area contributed by atoms with Crippen molar-refractivity contribution >= 4 is 11.8 Å². The van der Waals surface area contributed by atoms with Crippen molar-refractivity contribution in [2.24, 2.45) is 5.73 Å². The van der Waals surface area contributed by atoms with Crippen LogP contribution in [-0.2, 0) is 4.74 Å². The molecule has 1 heterocycles. The molecule has 0 aliphatic heterocycles. The number of aromatic nitrogens is 3. The van der Waals surface area contributed by atoms with E-state index in [4.69, 9.17) is 10.5 Å². The zero-order valence-electron chi connectivity index (χ0n) is 10.5. The van der Waals surface area contributed by atoms with E-state index in [-0.39, 0.29) is 0 Å². The zero-order chi connectivity index (χ0) is 12.4. The summed E-state index contributed by atoms with van der Waals surface area (Å²) in [6.45, 7) is 1.97. The van der Waals surface area contributed by atoms with Crippen molar-refractivity contribution in [1.82, 2.24) is 14.8 Å². The lowest BCUT2D eigenvalue weighted by molar-refractivity contribution is 0.158. The van der Waals surface area contributed by atoms with Gasteiger partial charge in [0.2, 0.25) is 0 Å². The van der Waals surface area contributed by atoms with E-state index in [0.29, 0.717) is 25.1 Å². The van der Waals surface area contributed by atoms with Gasteiger partial charge in [-0.3, -0.25) is 0 Å². The molecule has 0 atom stereocenters. The normalized spacial score (nSPS) is 19.4. The average molecular weight is 268 g/mol. The van der Waals surface area contributed by atoms with Crippen LogP contribution in [0.1, 0.15) is 43.5 Å². The first-order valence-electron chi connectivity index (χ1n) is 6.75. The predicted octanol–water partition coefficient (Wildman–Crippen LogP) is 1.56. The van der Waals surface area contributed by atoms with E-state index >= 15 is 0 Å². The van der Waals surface area contributed by atoms with E-state index in [1.54, 1.807) is 11.8 Å². The molecule has 0 amide bonds. The molecule has 0 radical (unpaired) electrons. The van der Waals surface area contributed by atoms with Crippen LogP contribution in [0.2, 0.25) is 0 Å². The molecule has 2 aliphatic carbocycles. The third-order valence-electron chi connectivity index (χ3n) is 3.27. The molecule has 0 spiro atoms. The first-order valence-corrected chi connectivity index (χ1v) is 7.74. The smallest absolute Gasteiger partial charge is 0.191 e. The average Bonchev–Trinajstić information content (AvgIpc) is 3.28. The maximum Gasteiger partial charge on any atom is 0.191 e. The molecule has 2 saturated carbocycles. The Kier molecular flexibility index (Phi) is 3.86. The van der Waals surface area contributed by atoms with Crippen molar-refractivity contribution in [3.8, 4) is 0 Å². The van der Waals surface area contributed by atoms with Gasteiger partial charge in [-0.2, -0.15) is 0 Å². The number of rotatable bonds is 8. The fourth-order valence-corrected chi connectivity index (χ4v) is 2.92. The highest BCUT2D eigenvalue weighted by atomic mass is 32.2. The fraction of sp³-hybridized carbons (Fsp3) is 0.833. The Morgan fingerprint density at radius 1 is 1.22 bits per heavy atom. The second kappa shape index (κ2) is 5.59. The van der Waals surface area contributed by atoms with Crippen molar-refractivity contribution < 1.29 is 4.74 Å². The topological polar surface area (TPSA) is 66.0 Å². The molecular formula is C12H20N4OS. The minimum absolute atomic E-state index is 0.592. The molecule has 2 aliphatic rings. The Hall–Kier alpha value is -0.590. The summed E-state index contributed by atoms with van der Waals surface area (Å²) >= 11 is 1.76. The van der Waals surface area contributed by atoms with Gasteiger partial charge in [-0.15, -0.1) is 10.2 Å². The molecule has 0 unspecified atom stereocenters. The Morgan fingerprint density at radius 2 is 2.06 bits per heavy atom. The summed E-state index contributed by atoms with van der Waals surface area (Å²) in [5.74, 6) is 2.83. The van der Waals surface area contributed by atoms with Crippen molar-refractivity contribution in [2.75, 3.05) is 25.5 Å². The van der Waals surface area contributed by atoms with Crippen LogP contribution in [0.4, 0.5) is 0 Å². The van der Waals surface area contributed by atoms with Crippen molar-refractivity contribution in [1.29, 1.82) is 0 Å². The second-order valence-electron chi connectivity index (χ2n) is 4.97. The summed E-state index contributed by atoms with van der Waals surface area (Å²) in [6, 6.07) is 0.670. The summed E-state index contributed by atoms with van der Waals surface area (Å²) in [7, 11) is 0. The van der Waals surface area contributed by atoms with Gasteiger partial charge in [0.25, 0.3) is 0 Å². The van der Waals surface area contributed by atoms with E-state index in [2.05, 4.69) is 14.8 Å². The maximum atomic E-state index is 5.38. The van der Waals surface area contributed by atoms with Gasteiger partial charge >= 0.3 is 0 Å². The van der Waals surface area contributed by atoms with E-state index in [1.807, 2.05) is 0 Å². The first-order chi connectivity index (χ1) is 8.90. The maximum absolute atomic E-state index is 5.38. The third kappa shape index (κ3) is 2.87. The molecule has 6 heteroatoms. The molecule has 0 saturated heterocycles. The van der Waals surface area contributed by atoms with E-state index < -0.39 is 0 Å². The van der Waals surface area contributed by atoms with Crippen LogP contribution in [0.5, 0.6) is 0 Å².